The Hall–Kier alpha value is -3.49. The summed E-state index contributed by atoms with van der Waals surface area (Å²) in [7, 11) is -6.83. The fraction of sp³-hybridized carbons (Fsp3) is 0.214. The molecule has 0 amide bonds. The molecule has 38 heavy (non-hydrogen) atoms. The average Bonchev–Trinajstić information content (AvgIpc) is 2.89. The Morgan fingerprint density at radius 2 is 0.842 bits per heavy atom. The molecular formula is C28H30B2F4N2O2. The number of hydrogen-bond donors (Lipinski definition) is 0. The van der Waals surface area contributed by atoms with Gasteiger partial charge < -0.3 is 27.3 Å². The number of hydrogen-bond acceptors (Lipinski definition) is 2. The summed E-state index contributed by atoms with van der Waals surface area (Å²) in [6.07, 6.45) is 13.2. The Bertz CT molecular complexity index is 1130. The van der Waals surface area contributed by atoms with Gasteiger partial charge in [0.05, 0.1) is 0 Å². The predicted molar refractivity (Wildman–Crippen MR) is 139 cm³/mol. The summed E-state index contributed by atoms with van der Waals surface area (Å²) in [5.74, 6) is 0. The fourth-order valence-electron chi connectivity index (χ4n) is 4.05. The minimum Gasteiger partial charge on any atom is -0.824 e. The standard InChI is InChI=1S/C28H30N2.2BF2O/c1-3-9-25-11-5-7-13-27(25)29-19-15-23(16-20-29)24-17-21-30(22-18-24)28-14-8-6-12-26(28)10-4-2;2*2-1(3)4/h5-8,11-22H,3-4,9-10H2,1-2H3;;/q+2;2*-1. The molecule has 0 radical (unpaired) electrons. The molecule has 0 aliphatic carbocycles. The van der Waals surface area contributed by atoms with Gasteiger partial charge in [-0.3, -0.25) is 0 Å². The van der Waals surface area contributed by atoms with Gasteiger partial charge in [-0.15, -0.1) is 0 Å². The molecule has 0 saturated carbocycles. The average molecular weight is 524 g/mol. The van der Waals surface area contributed by atoms with Crippen molar-refractivity contribution in [3.8, 4) is 22.5 Å². The van der Waals surface area contributed by atoms with E-state index < -0.39 is 14.9 Å². The molecule has 2 aromatic carbocycles. The summed E-state index contributed by atoms with van der Waals surface area (Å²) >= 11 is 0. The Kier molecular flexibility index (Phi) is 13.2. The van der Waals surface area contributed by atoms with Crippen LogP contribution >= 0.6 is 0 Å². The van der Waals surface area contributed by atoms with Crippen LogP contribution in [0.25, 0.3) is 22.5 Å². The summed E-state index contributed by atoms with van der Waals surface area (Å²) in [6, 6.07) is 26.1. The molecule has 10 heteroatoms. The largest absolute Gasteiger partial charge is 0.824 e. The zero-order valence-corrected chi connectivity index (χ0v) is 21.4. The molecule has 0 spiro atoms. The number of pyridine rings is 2. The van der Waals surface area contributed by atoms with Crippen LogP contribution in [0, 0.1) is 0 Å². The van der Waals surface area contributed by atoms with E-state index in [0.29, 0.717) is 0 Å². The van der Waals surface area contributed by atoms with Crippen molar-refractivity contribution < 1.29 is 36.4 Å². The van der Waals surface area contributed by atoms with Crippen LogP contribution in [0.5, 0.6) is 0 Å². The Balaban J connectivity index is 0.000000559. The van der Waals surface area contributed by atoms with Crippen molar-refractivity contribution in [2.24, 2.45) is 0 Å². The van der Waals surface area contributed by atoms with Crippen LogP contribution < -0.4 is 19.2 Å². The maximum atomic E-state index is 9.78. The van der Waals surface area contributed by atoms with Crippen LogP contribution in [0.4, 0.5) is 17.3 Å². The van der Waals surface area contributed by atoms with Gasteiger partial charge in [0, 0.05) is 47.5 Å². The first-order valence-corrected chi connectivity index (χ1v) is 12.3. The number of halogens is 4. The lowest BCUT2D eigenvalue weighted by atomic mass is 10.1. The highest BCUT2D eigenvalue weighted by Gasteiger charge is 2.14. The summed E-state index contributed by atoms with van der Waals surface area (Å²) in [5.41, 5.74) is 7.78. The van der Waals surface area contributed by atoms with E-state index in [4.69, 9.17) is 10.0 Å². The summed E-state index contributed by atoms with van der Waals surface area (Å²) in [4.78, 5) is 0. The maximum absolute atomic E-state index is 9.78. The minimum absolute atomic E-state index is 1.10. The lowest BCUT2D eigenvalue weighted by Crippen LogP contribution is -2.31. The smallest absolute Gasteiger partial charge is 0.447 e. The molecular weight excluding hydrogens is 494 g/mol. The van der Waals surface area contributed by atoms with E-state index in [1.54, 1.807) is 0 Å². The van der Waals surface area contributed by atoms with Gasteiger partial charge in [-0.2, -0.15) is 9.13 Å². The molecule has 198 valence electrons. The van der Waals surface area contributed by atoms with Gasteiger partial charge in [0.1, 0.15) is 0 Å². The van der Waals surface area contributed by atoms with Crippen molar-refractivity contribution in [3.05, 3.63) is 109 Å². The topological polar surface area (TPSA) is 53.9 Å². The van der Waals surface area contributed by atoms with Crippen LogP contribution in [0.1, 0.15) is 37.8 Å². The Morgan fingerprint density at radius 1 is 0.553 bits per heavy atom. The molecule has 0 fully saturated rings. The molecule has 0 N–H and O–H groups in total. The number of aryl methyl sites for hydroxylation is 2. The zero-order valence-electron chi connectivity index (χ0n) is 21.4. The molecule has 0 unspecified atom stereocenters. The van der Waals surface area contributed by atoms with Crippen molar-refractivity contribution >= 4 is 14.9 Å². The van der Waals surface area contributed by atoms with Crippen LogP contribution in [-0.4, -0.2) is 14.9 Å². The van der Waals surface area contributed by atoms with Crippen molar-refractivity contribution in [1.29, 1.82) is 0 Å². The molecule has 0 saturated heterocycles. The predicted octanol–water partition coefficient (Wildman–Crippen LogP) is 4.35. The summed E-state index contributed by atoms with van der Waals surface area (Å²) < 4.78 is 43.6. The third-order valence-corrected chi connectivity index (χ3v) is 5.57. The van der Waals surface area contributed by atoms with Gasteiger partial charge in [0.25, 0.3) is 0 Å². The number of para-hydroxylation sites is 2. The lowest BCUT2D eigenvalue weighted by molar-refractivity contribution is -0.596. The number of aromatic nitrogens is 2. The van der Waals surface area contributed by atoms with E-state index >= 15 is 0 Å². The lowest BCUT2D eigenvalue weighted by Gasteiger charge is -2.05. The molecule has 0 atom stereocenters. The van der Waals surface area contributed by atoms with Crippen LogP contribution in [-0.2, 0) is 12.8 Å². The second-order valence-electron chi connectivity index (χ2n) is 8.27. The monoisotopic (exact) mass is 524 g/mol. The normalized spacial score (nSPS) is 10.0. The van der Waals surface area contributed by atoms with Gasteiger partial charge in [0.2, 0.25) is 11.4 Å². The first-order valence-electron chi connectivity index (χ1n) is 12.3. The van der Waals surface area contributed by atoms with E-state index in [1.807, 2.05) is 0 Å². The third-order valence-electron chi connectivity index (χ3n) is 5.57. The number of benzene rings is 2. The fourth-order valence-corrected chi connectivity index (χ4v) is 4.05. The highest BCUT2D eigenvalue weighted by molar-refractivity contribution is 6.30. The highest BCUT2D eigenvalue weighted by Crippen LogP contribution is 2.18. The van der Waals surface area contributed by atoms with Gasteiger partial charge >= 0.3 is 14.9 Å². The Labute approximate surface area is 222 Å². The van der Waals surface area contributed by atoms with Gasteiger partial charge in [0.15, 0.2) is 24.8 Å². The van der Waals surface area contributed by atoms with Crippen LogP contribution in [0.2, 0.25) is 0 Å². The zero-order chi connectivity index (χ0) is 27.9. The third kappa shape index (κ3) is 10.1. The molecule has 2 aromatic heterocycles. The first kappa shape index (κ1) is 30.7. The minimum atomic E-state index is -3.42. The second-order valence-corrected chi connectivity index (χ2v) is 8.27. The molecule has 4 rings (SSSR count). The molecule has 2 heterocycles. The van der Waals surface area contributed by atoms with Crippen molar-refractivity contribution in [2.45, 2.75) is 39.5 Å². The van der Waals surface area contributed by atoms with Crippen LogP contribution in [0.3, 0.4) is 0 Å². The van der Waals surface area contributed by atoms with Gasteiger partial charge in [-0.05, 0) is 24.0 Å². The van der Waals surface area contributed by atoms with Gasteiger partial charge in [-0.1, -0.05) is 63.1 Å². The second kappa shape index (κ2) is 16.4. The summed E-state index contributed by atoms with van der Waals surface area (Å²) in [6.45, 7) is 4.46. The van der Waals surface area contributed by atoms with Crippen molar-refractivity contribution in [3.63, 3.8) is 0 Å². The molecule has 4 aromatic rings. The van der Waals surface area contributed by atoms with Crippen LogP contribution in [0.15, 0.2) is 97.6 Å². The SMILES string of the molecule is CCCc1ccccc1-[n+]1ccc(-c2cc[n+](-c3ccccc3CCC)cc2)cc1.[O-]B(F)F.[O-]B(F)F. The molecule has 0 bridgehead atoms. The van der Waals surface area contributed by atoms with Crippen molar-refractivity contribution in [2.75, 3.05) is 0 Å². The summed E-state index contributed by atoms with van der Waals surface area (Å²) in [5, 5.41) is 16.4. The van der Waals surface area contributed by atoms with E-state index in [-0.39, 0.29) is 0 Å². The number of rotatable bonds is 7. The first-order chi connectivity index (χ1) is 18.3. The van der Waals surface area contributed by atoms with E-state index in [0.717, 1.165) is 25.7 Å². The van der Waals surface area contributed by atoms with E-state index in [1.165, 1.54) is 33.6 Å². The Morgan fingerprint density at radius 3 is 1.13 bits per heavy atom. The van der Waals surface area contributed by atoms with E-state index in [9.17, 15) is 17.3 Å². The maximum Gasteiger partial charge on any atom is 0.447 e. The van der Waals surface area contributed by atoms with Gasteiger partial charge in [-0.25, -0.2) is 0 Å². The quantitative estimate of drug-likeness (QED) is 0.205. The van der Waals surface area contributed by atoms with Crippen molar-refractivity contribution in [1.82, 2.24) is 0 Å². The molecule has 0 aliphatic rings. The molecule has 0 aliphatic heterocycles. The highest BCUT2D eigenvalue weighted by atomic mass is 19.2. The molecule has 4 nitrogen and oxygen atoms in total. The van der Waals surface area contributed by atoms with E-state index in [2.05, 4.69) is 121 Å². The number of nitrogens with zero attached hydrogens (tertiary/aromatic N) is 2.